The molecule has 0 bridgehead atoms. The van der Waals surface area contributed by atoms with E-state index in [4.69, 9.17) is 10.2 Å². The third-order valence-electron chi connectivity index (χ3n) is 3.07. The Balaban J connectivity index is 2.25. The summed E-state index contributed by atoms with van der Waals surface area (Å²) >= 11 is 0. The van der Waals surface area contributed by atoms with Gasteiger partial charge in [0.15, 0.2) is 0 Å². The highest BCUT2D eigenvalue weighted by Crippen LogP contribution is 2.51. The second kappa shape index (κ2) is 3.66. The standard InChI is InChI=1S/C12H14O3/c13-8-9-2-1-3-10(6-9)12(4-5-12)7-11(14)15/h1-3,6,13H,4-5,7-8H2,(H,14,15). The summed E-state index contributed by atoms with van der Waals surface area (Å²) in [6.07, 6.45) is 2.07. The van der Waals surface area contributed by atoms with Gasteiger partial charge in [-0.1, -0.05) is 24.3 Å². The van der Waals surface area contributed by atoms with E-state index in [9.17, 15) is 4.79 Å². The molecule has 1 aliphatic rings. The van der Waals surface area contributed by atoms with Crippen LogP contribution in [0.4, 0.5) is 0 Å². The summed E-state index contributed by atoms with van der Waals surface area (Å²) in [4.78, 5) is 10.7. The normalized spacial score (nSPS) is 17.4. The van der Waals surface area contributed by atoms with Gasteiger partial charge in [-0.25, -0.2) is 0 Å². The maximum atomic E-state index is 10.7. The second-order valence-electron chi connectivity index (χ2n) is 4.21. The Morgan fingerprint density at radius 2 is 2.13 bits per heavy atom. The summed E-state index contributed by atoms with van der Waals surface area (Å²) in [5, 5.41) is 17.8. The van der Waals surface area contributed by atoms with Crippen molar-refractivity contribution >= 4 is 5.97 Å². The lowest BCUT2D eigenvalue weighted by atomic mass is 9.91. The summed E-state index contributed by atoms with van der Waals surface area (Å²) in [7, 11) is 0. The Morgan fingerprint density at radius 1 is 1.40 bits per heavy atom. The lowest BCUT2D eigenvalue weighted by Gasteiger charge is -2.13. The Bertz CT molecular complexity index is 380. The average molecular weight is 206 g/mol. The van der Waals surface area contributed by atoms with E-state index < -0.39 is 5.97 Å². The number of aliphatic hydroxyl groups excluding tert-OH is 1. The number of rotatable bonds is 4. The molecule has 0 saturated heterocycles. The van der Waals surface area contributed by atoms with Gasteiger partial charge in [-0.2, -0.15) is 0 Å². The molecule has 0 atom stereocenters. The predicted molar refractivity (Wildman–Crippen MR) is 55.5 cm³/mol. The van der Waals surface area contributed by atoms with Crippen LogP contribution in [-0.2, 0) is 16.8 Å². The van der Waals surface area contributed by atoms with Crippen molar-refractivity contribution < 1.29 is 15.0 Å². The molecule has 0 radical (unpaired) electrons. The van der Waals surface area contributed by atoms with Gasteiger partial charge in [0.25, 0.3) is 0 Å². The molecular weight excluding hydrogens is 192 g/mol. The first kappa shape index (κ1) is 10.2. The third kappa shape index (κ3) is 2.02. The fourth-order valence-corrected chi connectivity index (χ4v) is 2.01. The molecule has 15 heavy (non-hydrogen) atoms. The molecule has 80 valence electrons. The monoisotopic (exact) mass is 206 g/mol. The van der Waals surface area contributed by atoms with E-state index in [0.29, 0.717) is 0 Å². The zero-order valence-corrected chi connectivity index (χ0v) is 8.44. The van der Waals surface area contributed by atoms with Crippen molar-refractivity contribution in [1.82, 2.24) is 0 Å². The van der Waals surface area contributed by atoms with Crippen molar-refractivity contribution in [3.05, 3.63) is 35.4 Å². The molecule has 0 aliphatic heterocycles. The van der Waals surface area contributed by atoms with Crippen LogP contribution >= 0.6 is 0 Å². The van der Waals surface area contributed by atoms with Crippen LogP contribution in [0.15, 0.2) is 24.3 Å². The molecule has 0 spiro atoms. The van der Waals surface area contributed by atoms with Gasteiger partial charge in [0.05, 0.1) is 13.0 Å². The van der Waals surface area contributed by atoms with Crippen molar-refractivity contribution in [3.63, 3.8) is 0 Å². The molecule has 0 amide bonds. The fourth-order valence-electron chi connectivity index (χ4n) is 2.01. The van der Waals surface area contributed by atoms with E-state index in [1.807, 2.05) is 24.3 Å². The lowest BCUT2D eigenvalue weighted by molar-refractivity contribution is -0.137. The SMILES string of the molecule is O=C(O)CC1(c2cccc(CO)c2)CC1. The zero-order chi connectivity index (χ0) is 10.9. The molecule has 0 unspecified atom stereocenters. The van der Waals surface area contributed by atoms with Gasteiger partial charge in [-0.15, -0.1) is 0 Å². The van der Waals surface area contributed by atoms with Crippen molar-refractivity contribution in [3.8, 4) is 0 Å². The van der Waals surface area contributed by atoms with Crippen molar-refractivity contribution in [2.45, 2.75) is 31.3 Å². The summed E-state index contributed by atoms with van der Waals surface area (Å²) < 4.78 is 0. The van der Waals surface area contributed by atoms with Crippen LogP contribution in [0.2, 0.25) is 0 Å². The third-order valence-corrected chi connectivity index (χ3v) is 3.07. The highest BCUT2D eigenvalue weighted by Gasteiger charge is 2.45. The molecule has 1 aromatic rings. The minimum atomic E-state index is -0.748. The molecule has 1 saturated carbocycles. The Hall–Kier alpha value is -1.35. The van der Waals surface area contributed by atoms with Crippen LogP contribution < -0.4 is 0 Å². The highest BCUT2D eigenvalue weighted by atomic mass is 16.4. The Labute approximate surface area is 88.4 Å². The number of carbonyl (C=O) groups is 1. The quantitative estimate of drug-likeness (QED) is 0.788. The van der Waals surface area contributed by atoms with E-state index in [1.165, 1.54) is 0 Å². The Kier molecular flexibility index (Phi) is 2.49. The molecule has 1 aliphatic carbocycles. The molecule has 3 heteroatoms. The molecule has 0 heterocycles. The molecular formula is C12H14O3. The van der Waals surface area contributed by atoms with Gasteiger partial charge < -0.3 is 10.2 Å². The first-order valence-electron chi connectivity index (χ1n) is 5.08. The van der Waals surface area contributed by atoms with Gasteiger partial charge in [0, 0.05) is 5.41 Å². The number of hydrogen-bond acceptors (Lipinski definition) is 2. The van der Waals surface area contributed by atoms with E-state index in [1.54, 1.807) is 0 Å². The zero-order valence-electron chi connectivity index (χ0n) is 8.44. The maximum Gasteiger partial charge on any atom is 0.304 e. The van der Waals surface area contributed by atoms with E-state index in [2.05, 4.69) is 0 Å². The van der Waals surface area contributed by atoms with E-state index in [-0.39, 0.29) is 18.4 Å². The number of benzene rings is 1. The minimum Gasteiger partial charge on any atom is -0.481 e. The molecule has 2 N–H and O–H groups in total. The molecule has 1 aromatic carbocycles. The number of carboxylic acids is 1. The fraction of sp³-hybridized carbons (Fsp3) is 0.417. The summed E-state index contributed by atoms with van der Waals surface area (Å²) in [5.41, 5.74) is 1.75. The molecule has 1 fully saturated rings. The lowest BCUT2D eigenvalue weighted by Crippen LogP contribution is -2.13. The van der Waals surface area contributed by atoms with Gasteiger partial charge in [-0.3, -0.25) is 4.79 Å². The first-order chi connectivity index (χ1) is 7.16. The van der Waals surface area contributed by atoms with Crippen LogP contribution in [0.1, 0.15) is 30.4 Å². The average Bonchev–Trinajstić information content (AvgIpc) is 2.98. The summed E-state index contributed by atoms with van der Waals surface area (Å²) in [6.45, 7) is 0.0109. The van der Waals surface area contributed by atoms with Gasteiger partial charge in [0.2, 0.25) is 0 Å². The molecule has 3 nitrogen and oxygen atoms in total. The van der Waals surface area contributed by atoms with Crippen LogP contribution in [0.3, 0.4) is 0 Å². The van der Waals surface area contributed by atoms with Crippen LogP contribution in [0.25, 0.3) is 0 Å². The number of carboxylic acid groups (broad SMARTS) is 1. The maximum absolute atomic E-state index is 10.7. The smallest absolute Gasteiger partial charge is 0.304 e. The van der Waals surface area contributed by atoms with Gasteiger partial charge in [-0.05, 0) is 24.0 Å². The Morgan fingerprint density at radius 3 is 2.67 bits per heavy atom. The first-order valence-corrected chi connectivity index (χ1v) is 5.08. The van der Waals surface area contributed by atoms with Crippen LogP contribution in [0.5, 0.6) is 0 Å². The van der Waals surface area contributed by atoms with Crippen LogP contribution in [-0.4, -0.2) is 16.2 Å². The predicted octanol–water partition coefficient (Wildman–Crippen LogP) is 1.69. The summed E-state index contributed by atoms with van der Waals surface area (Å²) in [5.74, 6) is -0.748. The van der Waals surface area contributed by atoms with E-state index >= 15 is 0 Å². The van der Waals surface area contributed by atoms with Gasteiger partial charge >= 0.3 is 5.97 Å². The van der Waals surface area contributed by atoms with E-state index in [0.717, 1.165) is 24.0 Å². The topological polar surface area (TPSA) is 57.5 Å². The minimum absolute atomic E-state index is 0.0109. The second-order valence-corrected chi connectivity index (χ2v) is 4.21. The van der Waals surface area contributed by atoms with Gasteiger partial charge in [0.1, 0.15) is 0 Å². The van der Waals surface area contributed by atoms with Crippen molar-refractivity contribution in [2.75, 3.05) is 0 Å². The number of aliphatic carboxylic acids is 1. The van der Waals surface area contributed by atoms with Crippen LogP contribution in [0, 0.1) is 0 Å². The highest BCUT2D eigenvalue weighted by molar-refractivity contribution is 5.70. The molecule has 2 rings (SSSR count). The van der Waals surface area contributed by atoms with Crippen molar-refractivity contribution in [2.24, 2.45) is 0 Å². The number of aliphatic hydroxyl groups is 1. The summed E-state index contributed by atoms with van der Waals surface area (Å²) in [6, 6.07) is 7.59. The largest absolute Gasteiger partial charge is 0.481 e. The molecule has 0 aromatic heterocycles. The van der Waals surface area contributed by atoms with Crippen molar-refractivity contribution in [1.29, 1.82) is 0 Å². The number of hydrogen-bond donors (Lipinski definition) is 2.